The van der Waals surface area contributed by atoms with E-state index in [4.69, 9.17) is 0 Å². The van der Waals surface area contributed by atoms with E-state index in [2.05, 4.69) is 5.32 Å². The first-order chi connectivity index (χ1) is 15.8. The molecule has 1 heterocycles. The lowest BCUT2D eigenvalue weighted by Crippen LogP contribution is -2.48. The van der Waals surface area contributed by atoms with Crippen LogP contribution in [0.1, 0.15) is 10.4 Å². The summed E-state index contributed by atoms with van der Waals surface area (Å²) in [4.78, 5) is 13.7. The van der Waals surface area contributed by atoms with E-state index < -0.39 is 27.6 Å². The van der Waals surface area contributed by atoms with Gasteiger partial charge in [0.1, 0.15) is 17.5 Å². The van der Waals surface area contributed by atoms with Gasteiger partial charge in [-0.15, -0.1) is 0 Å². The van der Waals surface area contributed by atoms with Gasteiger partial charge >= 0.3 is 0 Å². The highest BCUT2D eigenvalue weighted by atomic mass is 32.2. The Balaban J connectivity index is 1.47. The summed E-state index contributed by atoms with van der Waals surface area (Å²) >= 11 is 0. The smallest absolute Gasteiger partial charge is 0.258 e. The fourth-order valence-corrected chi connectivity index (χ4v) is 5.05. The highest BCUT2D eigenvalue weighted by molar-refractivity contribution is 7.89. The zero-order valence-electron chi connectivity index (χ0n) is 17.3. The van der Waals surface area contributed by atoms with Crippen LogP contribution in [0.15, 0.2) is 71.6 Å². The van der Waals surface area contributed by atoms with Gasteiger partial charge in [-0.25, -0.2) is 21.6 Å². The Morgan fingerprint density at radius 1 is 0.788 bits per heavy atom. The van der Waals surface area contributed by atoms with E-state index in [1.54, 1.807) is 23.1 Å². The molecule has 1 saturated heterocycles. The number of benzene rings is 3. The molecule has 0 bridgehead atoms. The first kappa shape index (κ1) is 22.8. The monoisotopic (exact) mass is 475 g/mol. The van der Waals surface area contributed by atoms with Crippen LogP contribution in [0.25, 0.3) is 0 Å². The van der Waals surface area contributed by atoms with E-state index in [1.165, 1.54) is 34.6 Å². The van der Waals surface area contributed by atoms with Crippen LogP contribution in [0.4, 0.5) is 24.5 Å². The summed E-state index contributed by atoms with van der Waals surface area (Å²) in [6.07, 6.45) is 0. The Bertz CT molecular complexity index is 1290. The maximum atomic E-state index is 14.6. The number of amides is 1. The predicted octanol–water partition coefficient (Wildman–Crippen LogP) is 3.87. The standard InChI is InChI=1S/C23H20F3N3O3S/c24-18-6-2-1-5-17(18)23(30)27-21-10-9-16(15-20(21)26)33(31,32)29-13-11-28(12-14-29)22-8-4-3-7-19(22)25/h1-10,15H,11-14H2,(H,27,30). The van der Waals surface area contributed by atoms with Crippen molar-refractivity contribution in [1.29, 1.82) is 0 Å². The fraction of sp³-hybridized carbons (Fsp3) is 0.174. The Kier molecular flexibility index (Phi) is 6.39. The average molecular weight is 475 g/mol. The molecular formula is C23H20F3N3O3S. The number of carbonyl (C=O) groups is 1. The van der Waals surface area contributed by atoms with Crippen LogP contribution in [0.3, 0.4) is 0 Å². The number of nitrogens with zero attached hydrogens (tertiary/aromatic N) is 2. The Morgan fingerprint density at radius 3 is 2.06 bits per heavy atom. The summed E-state index contributed by atoms with van der Waals surface area (Å²) < 4.78 is 69.5. The lowest BCUT2D eigenvalue weighted by Gasteiger charge is -2.35. The molecule has 1 aliphatic heterocycles. The minimum Gasteiger partial charge on any atom is -0.367 e. The third kappa shape index (κ3) is 4.71. The van der Waals surface area contributed by atoms with Gasteiger partial charge < -0.3 is 10.2 Å². The van der Waals surface area contributed by atoms with E-state index in [9.17, 15) is 26.4 Å². The highest BCUT2D eigenvalue weighted by Gasteiger charge is 2.30. The molecule has 0 atom stereocenters. The largest absolute Gasteiger partial charge is 0.367 e. The fourth-order valence-electron chi connectivity index (χ4n) is 3.62. The highest BCUT2D eigenvalue weighted by Crippen LogP contribution is 2.25. The number of piperazine rings is 1. The number of halogens is 3. The molecule has 3 aromatic carbocycles. The molecule has 1 fully saturated rings. The SMILES string of the molecule is O=C(Nc1ccc(S(=O)(=O)N2CCN(c3ccccc3F)CC2)cc1F)c1ccccc1F. The van der Waals surface area contributed by atoms with Crippen molar-refractivity contribution in [3.05, 3.63) is 89.7 Å². The van der Waals surface area contributed by atoms with Crippen molar-refractivity contribution in [2.24, 2.45) is 0 Å². The molecule has 0 spiro atoms. The van der Waals surface area contributed by atoms with Gasteiger partial charge in [0.05, 0.1) is 21.8 Å². The minimum atomic E-state index is -4.00. The van der Waals surface area contributed by atoms with Gasteiger partial charge in [0.15, 0.2) is 0 Å². The van der Waals surface area contributed by atoms with Gasteiger partial charge in [-0.1, -0.05) is 24.3 Å². The number of para-hydroxylation sites is 1. The molecule has 0 aromatic heterocycles. The maximum absolute atomic E-state index is 14.6. The number of nitrogens with one attached hydrogen (secondary N) is 1. The zero-order valence-corrected chi connectivity index (χ0v) is 18.2. The number of hydrogen-bond acceptors (Lipinski definition) is 4. The summed E-state index contributed by atoms with van der Waals surface area (Å²) in [5.41, 5.74) is -0.136. The lowest BCUT2D eigenvalue weighted by atomic mass is 10.2. The summed E-state index contributed by atoms with van der Waals surface area (Å²) in [7, 11) is -4.00. The van der Waals surface area contributed by atoms with E-state index in [1.807, 2.05) is 0 Å². The van der Waals surface area contributed by atoms with Crippen molar-refractivity contribution in [2.75, 3.05) is 36.4 Å². The number of rotatable bonds is 5. The van der Waals surface area contributed by atoms with Gasteiger partial charge in [0, 0.05) is 26.2 Å². The molecule has 0 radical (unpaired) electrons. The molecule has 10 heteroatoms. The normalized spacial score (nSPS) is 14.8. The van der Waals surface area contributed by atoms with Crippen molar-refractivity contribution in [3.63, 3.8) is 0 Å². The zero-order chi connectivity index (χ0) is 23.6. The molecule has 6 nitrogen and oxygen atoms in total. The van der Waals surface area contributed by atoms with Crippen molar-refractivity contribution >= 4 is 27.3 Å². The van der Waals surface area contributed by atoms with Crippen LogP contribution >= 0.6 is 0 Å². The van der Waals surface area contributed by atoms with Crippen molar-refractivity contribution in [1.82, 2.24) is 4.31 Å². The molecular weight excluding hydrogens is 455 g/mol. The predicted molar refractivity (Wildman–Crippen MR) is 118 cm³/mol. The van der Waals surface area contributed by atoms with Crippen LogP contribution in [-0.4, -0.2) is 44.8 Å². The third-order valence-corrected chi connectivity index (χ3v) is 7.27. The molecule has 172 valence electrons. The van der Waals surface area contributed by atoms with E-state index in [-0.39, 0.29) is 48.1 Å². The van der Waals surface area contributed by atoms with Crippen LogP contribution in [0, 0.1) is 17.5 Å². The molecule has 0 unspecified atom stereocenters. The molecule has 1 amide bonds. The second-order valence-corrected chi connectivity index (χ2v) is 9.36. The van der Waals surface area contributed by atoms with Crippen molar-refractivity contribution < 1.29 is 26.4 Å². The number of hydrogen-bond donors (Lipinski definition) is 1. The summed E-state index contributed by atoms with van der Waals surface area (Å²) in [6, 6.07) is 14.6. The molecule has 0 saturated carbocycles. The van der Waals surface area contributed by atoms with Gasteiger partial charge in [-0.3, -0.25) is 4.79 Å². The quantitative estimate of drug-likeness (QED) is 0.609. The Hall–Kier alpha value is -3.37. The Morgan fingerprint density at radius 2 is 1.42 bits per heavy atom. The average Bonchev–Trinajstić information content (AvgIpc) is 2.81. The number of carbonyl (C=O) groups excluding carboxylic acids is 1. The molecule has 0 aliphatic carbocycles. The van der Waals surface area contributed by atoms with Crippen molar-refractivity contribution in [3.8, 4) is 0 Å². The first-order valence-corrected chi connectivity index (χ1v) is 11.6. The number of anilines is 2. The van der Waals surface area contributed by atoms with E-state index in [0.29, 0.717) is 5.69 Å². The second kappa shape index (κ2) is 9.24. The second-order valence-electron chi connectivity index (χ2n) is 7.42. The first-order valence-electron chi connectivity index (χ1n) is 10.1. The molecule has 1 aliphatic rings. The van der Waals surface area contributed by atoms with Gasteiger partial charge in [0.2, 0.25) is 10.0 Å². The molecule has 4 rings (SSSR count). The molecule has 1 N–H and O–H groups in total. The van der Waals surface area contributed by atoms with Crippen LogP contribution < -0.4 is 10.2 Å². The Labute approximate surface area is 189 Å². The minimum absolute atomic E-state index is 0.101. The van der Waals surface area contributed by atoms with Crippen LogP contribution in [0.2, 0.25) is 0 Å². The maximum Gasteiger partial charge on any atom is 0.258 e. The van der Waals surface area contributed by atoms with Crippen molar-refractivity contribution in [2.45, 2.75) is 4.90 Å². The van der Waals surface area contributed by atoms with Crippen LogP contribution in [-0.2, 0) is 10.0 Å². The third-order valence-electron chi connectivity index (χ3n) is 5.38. The topological polar surface area (TPSA) is 69.7 Å². The summed E-state index contributed by atoms with van der Waals surface area (Å²) in [6.45, 7) is 0.757. The van der Waals surface area contributed by atoms with Gasteiger partial charge in [-0.2, -0.15) is 4.31 Å². The lowest BCUT2D eigenvalue weighted by molar-refractivity contribution is 0.102. The van der Waals surface area contributed by atoms with E-state index in [0.717, 1.165) is 18.2 Å². The number of sulfonamides is 1. The summed E-state index contributed by atoms with van der Waals surface area (Å²) in [5.74, 6) is -2.97. The molecule has 3 aromatic rings. The molecule has 33 heavy (non-hydrogen) atoms. The van der Waals surface area contributed by atoms with Gasteiger partial charge in [-0.05, 0) is 42.5 Å². The van der Waals surface area contributed by atoms with Crippen LogP contribution in [0.5, 0.6) is 0 Å². The summed E-state index contributed by atoms with van der Waals surface area (Å²) in [5, 5.41) is 2.25. The van der Waals surface area contributed by atoms with E-state index >= 15 is 0 Å². The van der Waals surface area contributed by atoms with Gasteiger partial charge in [0.25, 0.3) is 5.91 Å².